The topological polar surface area (TPSA) is 151 Å². The van der Waals surface area contributed by atoms with E-state index in [1.165, 1.54) is 10.6 Å². The second-order valence-corrected chi connectivity index (χ2v) is 10.8. The molecule has 4 aromatic rings. The van der Waals surface area contributed by atoms with E-state index in [2.05, 4.69) is 29.9 Å². The Balaban J connectivity index is 1.05. The van der Waals surface area contributed by atoms with E-state index in [-0.39, 0.29) is 36.8 Å². The third-order valence-electron chi connectivity index (χ3n) is 7.79. The maximum atomic E-state index is 14.7. The van der Waals surface area contributed by atoms with Crippen LogP contribution in [0.4, 0.5) is 26.4 Å². The van der Waals surface area contributed by atoms with Crippen molar-refractivity contribution in [3.8, 4) is 17.3 Å². The Morgan fingerprint density at radius 2 is 1.93 bits per heavy atom. The average molecular weight is 598 g/mol. The van der Waals surface area contributed by atoms with Gasteiger partial charge in [-0.2, -0.15) is 19.5 Å². The number of aromatic nitrogens is 5. The van der Waals surface area contributed by atoms with E-state index in [9.17, 15) is 13.6 Å². The molecule has 0 aliphatic carbocycles. The molecule has 1 unspecified atom stereocenters. The number of aliphatic carboxylic acids is 1. The highest BCUT2D eigenvalue weighted by molar-refractivity contribution is 5.66. The van der Waals surface area contributed by atoms with Gasteiger partial charge in [0.25, 0.3) is 5.78 Å². The van der Waals surface area contributed by atoms with Gasteiger partial charge in [0.05, 0.1) is 18.6 Å². The van der Waals surface area contributed by atoms with E-state index in [0.717, 1.165) is 51.6 Å². The van der Waals surface area contributed by atoms with E-state index < -0.39 is 17.6 Å². The Labute approximate surface area is 245 Å². The summed E-state index contributed by atoms with van der Waals surface area (Å²) in [4.78, 5) is 30.7. The molecule has 0 saturated carbocycles. The summed E-state index contributed by atoms with van der Waals surface area (Å²) in [7, 11) is 0. The average Bonchev–Trinajstić information content (AvgIpc) is 3.68. The van der Waals surface area contributed by atoms with Crippen molar-refractivity contribution < 1.29 is 27.8 Å². The maximum absolute atomic E-state index is 14.7. The molecule has 228 valence electrons. The van der Waals surface area contributed by atoms with Crippen LogP contribution in [-0.4, -0.2) is 93.0 Å². The van der Waals surface area contributed by atoms with Crippen molar-refractivity contribution >= 4 is 29.3 Å². The molecule has 2 aliphatic rings. The van der Waals surface area contributed by atoms with Gasteiger partial charge < -0.3 is 29.8 Å². The number of nitrogens with two attached hydrogens (primary N) is 1. The third-order valence-corrected chi connectivity index (χ3v) is 7.79. The predicted molar refractivity (Wildman–Crippen MR) is 153 cm³/mol. The second kappa shape index (κ2) is 12.4. The predicted octanol–water partition coefficient (Wildman–Crippen LogP) is 2.92. The van der Waals surface area contributed by atoms with Crippen molar-refractivity contribution in [2.75, 3.05) is 68.0 Å². The zero-order valence-electron chi connectivity index (χ0n) is 23.5. The lowest BCUT2D eigenvalue weighted by Crippen LogP contribution is -2.50. The Hall–Kier alpha value is -4.53. The molecule has 0 amide bonds. The normalized spacial score (nSPS) is 18.0. The summed E-state index contributed by atoms with van der Waals surface area (Å²) in [5, 5.41) is 13.1. The molecule has 15 heteroatoms. The van der Waals surface area contributed by atoms with Crippen LogP contribution in [0.15, 0.2) is 34.9 Å². The number of fused-ring (bicyclic) bond motifs is 1. The number of hydrogen-bond acceptors (Lipinski definition) is 11. The van der Waals surface area contributed by atoms with Crippen LogP contribution in [0, 0.1) is 17.6 Å². The summed E-state index contributed by atoms with van der Waals surface area (Å²) < 4.78 is 41.2. The molecular formula is C28H33F2N9O4. The minimum absolute atomic E-state index is 0.0386. The maximum Gasteiger partial charge on any atom is 0.303 e. The smallest absolute Gasteiger partial charge is 0.303 e. The Morgan fingerprint density at radius 1 is 1.09 bits per heavy atom. The molecule has 3 N–H and O–H groups in total. The van der Waals surface area contributed by atoms with Gasteiger partial charge in [0, 0.05) is 64.4 Å². The van der Waals surface area contributed by atoms with Gasteiger partial charge in [-0.3, -0.25) is 9.69 Å². The summed E-state index contributed by atoms with van der Waals surface area (Å²) >= 11 is 0. The van der Waals surface area contributed by atoms with E-state index in [0.29, 0.717) is 42.3 Å². The summed E-state index contributed by atoms with van der Waals surface area (Å²) in [6, 6.07) is 5.73. The summed E-state index contributed by atoms with van der Waals surface area (Å²) in [5.74, 6) is -0.107. The van der Waals surface area contributed by atoms with Crippen LogP contribution >= 0.6 is 0 Å². The number of furan rings is 1. The highest BCUT2D eigenvalue weighted by atomic mass is 19.1. The first kappa shape index (κ1) is 28.6. The molecule has 1 aromatic carbocycles. The number of ether oxygens (including phenoxy) is 1. The molecule has 43 heavy (non-hydrogen) atoms. The Bertz CT molecular complexity index is 1570. The molecule has 0 radical (unpaired) electrons. The molecule has 3 aromatic heterocycles. The lowest BCUT2D eigenvalue weighted by atomic mass is 9.97. The highest BCUT2D eigenvalue weighted by Gasteiger charge is 2.28. The number of halogens is 2. The fourth-order valence-corrected chi connectivity index (χ4v) is 5.65. The van der Waals surface area contributed by atoms with Crippen LogP contribution in [-0.2, 0) is 4.79 Å². The number of benzene rings is 1. The van der Waals surface area contributed by atoms with Crippen LogP contribution in [0.2, 0.25) is 0 Å². The number of piperidine rings is 1. The Kier molecular flexibility index (Phi) is 8.22. The quantitative estimate of drug-likeness (QED) is 0.259. The molecule has 1 atom stereocenters. The number of carboxylic acid groups (broad SMARTS) is 1. The van der Waals surface area contributed by atoms with Gasteiger partial charge in [0.15, 0.2) is 17.3 Å². The lowest BCUT2D eigenvalue weighted by molar-refractivity contribution is -0.137. The van der Waals surface area contributed by atoms with Gasteiger partial charge >= 0.3 is 5.97 Å². The number of piperazine rings is 1. The van der Waals surface area contributed by atoms with Gasteiger partial charge in [-0.1, -0.05) is 0 Å². The molecule has 0 bridgehead atoms. The van der Waals surface area contributed by atoms with Crippen molar-refractivity contribution in [1.82, 2.24) is 29.5 Å². The number of carboxylic acids is 1. The first-order chi connectivity index (χ1) is 20.8. The zero-order valence-corrected chi connectivity index (χ0v) is 23.5. The SMILES string of the molecule is Nc1nc(N2CCCC(CN3CCN(c4cc(OCCCC(=O)O)c(F)cc4F)CC3)C2)nc2nc(-c3ccco3)nn12. The molecule has 2 aliphatic heterocycles. The molecular weight excluding hydrogens is 564 g/mol. The third kappa shape index (κ3) is 6.45. The first-order valence-electron chi connectivity index (χ1n) is 14.3. The van der Waals surface area contributed by atoms with E-state index in [1.807, 2.05) is 4.90 Å². The number of carbonyl (C=O) groups is 1. The molecule has 0 spiro atoms. The van der Waals surface area contributed by atoms with Crippen molar-refractivity contribution in [1.29, 1.82) is 0 Å². The molecule has 2 saturated heterocycles. The van der Waals surface area contributed by atoms with Gasteiger partial charge in [-0.15, -0.1) is 5.10 Å². The Morgan fingerprint density at radius 3 is 2.70 bits per heavy atom. The highest BCUT2D eigenvalue weighted by Crippen LogP contribution is 2.30. The summed E-state index contributed by atoms with van der Waals surface area (Å²) in [6.07, 6.45) is 3.76. The van der Waals surface area contributed by atoms with Gasteiger partial charge in [-0.25, -0.2) is 8.78 Å². The van der Waals surface area contributed by atoms with E-state index in [1.54, 1.807) is 18.4 Å². The largest absolute Gasteiger partial charge is 0.490 e. The molecule has 13 nitrogen and oxygen atoms in total. The number of rotatable bonds is 10. The van der Waals surface area contributed by atoms with Crippen molar-refractivity contribution in [2.45, 2.75) is 25.7 Å². The minimum Gasteiger partial charge on any atom is -0.490 e. The van der Waals surface area contributed by atoms with Gasteiger partial charge in [0.2, 0.25) is 17.7 Å². The summed E-state index contributed by atoms with van der Waals surface area (Å²) in [6.45, 7) is 5.11. The number of nitrogen functional groups attached to an aromatic ring is 1. The number of anilines is 3. The summed E-state index contributed by atoms with van der Waals surface area (Å²) in [5.41, 5.74) is 6.49. The monoisotopic (exact) mass is 597 g/mol. The fraction of sp³-hybridized carbons (Fsp3) is 0.464. The second-order valence-electron chi connectivity index (χ2n) is 10.8. The van der Waals surface area contributed by atoms with Gasteiger partial charge in [-0.05, 0) is 37.3 Å². The van der Waals surface area contributed by atoms with Gasteiger partial charge in [0.1, 0.15) is 5.82 Å². The van der Waals surface area contributed by atoms with Crippen LogP contribution in [0.1, 0.15) is 25.7 Å². The van der Waals surface area contributed by atoms with E-state index >= 15 is 0 Å². The molecule has 6 rings (SSSR count). The van der Waals surface area contributed by atoms with E-state index in [4.69, 9.17) is 20.0 Å². The standard InChI is InChI=1S/C28H33F2N9O4/c29-19-14-20(30)23(43-13-3-6-24(40)41)15-21(19)37-10-8-36(9-11-37)16-18-4-1-7-38(17-18)27-33-26(31)39-28(34-27)32-25(35-39)22-5-2-12-42-22/h2,5,12,14-15,18H,1,3-4,6-11,13,16-17H2,(H,40,41)(H2,31,32,33,34,35). The van der Waals surface area contributed by atoms with Crippen molar-refractivity contribution in [2.24, 2.45) is 5.92 Å². The fourth-order valence-electron chi connectivity index (χ4n) is 5.65. The zero-order chi connectivity index (χ0) is 29.9. The van der Waals surface area contributed by atoms with Crippen molar-refractivity contribution in [3.05, 3.63) is 42.2 Å². The number of nitrogens with zero attached hydrogens (tertiary/aromatic N) is 8. The van der Waals surface area contributed by atoms with Crippen LogP contribution in [0.3, 0.4) is 0 Å². The number of hydrogen-bond donors (Lipinski definition) is 2. The first-order valence-corrected chi connectivity index (χ1v) is 14.3. The lowest BCUT2D eigenvalue weighted by Gasteiger charge is -2.40. The molecule has 2 fully saturated rings. The van der Waals surface area contributed by atoms with Crippen LogP contribution < -0.4 is 20.3 Å². The van der Waals surface area contributed by atoms with Crippen molar-refractivity contribution in [3.63, 3.8) is 0 Å². The molecule has 5 heterocycles. The van der Waals surface area contributed by atoms with Crippen LogP contribution in [0.5, 0.6) is 5.75 Å². The van der Waals surface area contributed by atoms with Crippen LogP contribution in [0.25, 0.3) is 17.4 Å². The minimum atomic E-state index is -0.950.